The van der Waals surface area contributed by atoms with Gasteiger partial charge in [0.25, 0.3) is 5.56 Å². The van der Waals surface area contributed by atoms with Crippen LogP contribution in [-0.2, 0) is 11.8 Å². The van der Waals surface area contributed by atoms with Gasteiger partial charge < -0.3 is 9.80 Å². The van der Waals surface area contributed by atoms with Gasteiger partial charge >= 0.3 is 0 Å². The maximum Gasteiger partial charge on any atom is 0.261 e. The van der Waals surface area contributed by atoms with Crippen LogP contribution in [0.25, 0.3) is 10.9 Å². The molecule has 1 fully saturated rings. The van der Waals surface area contributed by atoms with E-state index in [2.05, 4.69) is 4.98 Å². The standard InChI is InChI=1S/C19H25ClN4O2/c1-12(24(10-9-22(2)3)18(25)13-5-6-13)17-21-16-11-14(20)7-8-15(16)19(26)23(17)4/h7-8,11-13H,5-6,9-10H2,1-4H3. The lowest BCUT2D eigenvalue weighted by Crippen LogP contribution is -2.41. The fourth-order valence-corrected chi connectivity index (χ4v) is 3.31. The highest BCUT2D eigenvalue weighted by atomic mass is 35.5. The van der Waals surface area contributed by atoms with Crippen molar-refractivity contribution in [3.05, 3.63) is 39.4 Å². The first-order valence-electron chi connectivity index (χ1n) is 8.91. The lowest BCUT2D eigenvalue weighted by atomic mass is 10.2. The highest BCUT2D eigenvalue weighted by Gasteiger charge is 2.36. The lowest BCUT2D eigenvalue weighted by molar-refractivity contribution is -0.135. The molecule has 1 aromatic carbocycles. The van der Waals surface area contributed by atoms with Crippen molar-refractivity contribution in [3.8, 4) is 0 Å². The Morgan fingerprint density at radius 2 is 2.04 bits per heavy atom. The van der Waals surface area contributed by atoms with Crippen LogP contribution in [0.5, 0.6) is 0 Å². The van der Waals surface area contributed by atoms with Gasteiger partial charge in [-0.1, -0.05) is 11.6 Å². The van der Waals surface area contributed by atoms with E-state index in [0.29, 0.717) is 28.3 Å². The smallest absolute Gasteiger partial charge is 0.261 e. The van der Waals surface area contributed by atoms with Crippen molar-refractivity contribution in [2.45, 2.75) is 25.8 Å². The first-order chi connectivity index (χ1) is 12.3. The topological polar surface area (TPSA) is 58.4 Å². The molecule has 1 saturated carbocycles. The number of aromatic nitrogens is 2. The summed E-state index contributed by atoms with van der Waals surface area (Å²) in [7, 11) is 5.67. The molecule has 2 aromatic rings. The molecule has 1 aliphatic carbocycles. The molecule has 0 radical (unpaired) electrons. The molecule has 0 aliphatic heterocycles. The average Bonchev–Trinajstić information content (AvgIpc) is 3.42. The zero-order valence-corrected chi connectivity index (χ0v) is 16.5. The molecule has 0 saturated heterocycles. The Bertz CT molecular complexity index is 889. The van der Waals surface area contributed by atoms with Crippen molar-refractivity contribution < 1.29 is 4.79 Å². The summed E-state index contributed by atoms with van der Waals surface area (Å²) >= 11 is 6.07. The van der Waals surface area contributed by atoms with Crippen LogP contribution in [-0.4, -0.2) is 52.4 Å². The van der Waals surface area contributed by atoms with Crippen LogP contribution in [0.4, 0.5) is 0 Å². The number of carbonyl (C=O) groups excluding carboxylic acids is 1. The molecule has 6 nitrogen and oxygen atoms in total. The van der Waals surface area contributed by atoms with Gasteiger partial charge in [0.2, 0.25) is 5.91 Å². The van der Waals surface area contributed by atoms with E-state index in [4.69, 9.17) is 11.6 Å². The summed E-state index contributed by atoms with van der Waals surface area (Å²) in [6.07, 6.45) is 1.90. The predicted octanol–water partition coefficient (Wildman–Crippen LogP) is 2.45. The molecule has 140 valence electrons. The summed E-state index contributed by atoms with van der Waals surface area (Å²) in [6, 6.07) is 4.79. The number of rotatable bonds is 6. The van der Waals surface area contributed by atoms with Gasteiger partial charge in [0.05, 0.1) is 16.9 Å². The summed E-state index contributed by atoms with van der Waals surface area (Å²) < 4.78 is 1.55. The van der Waals surface area contributed by atoms with Crippen LogP contribution < -0.4 is 5.56 Å². The largest absolute Gasteiger partial charge is 0.331 e. The molecule has 0 bridgehead atoms. The third-order valence-electron chi connectivity index (χ3n) is 4.91. The predicted molar refractivity (Wildman–Crippen MR) is 103 cm³/mol. The SMILES string of the molecule is CC(c1nc2cc(Cl)ccc2c(=O)n1C)N(CCN(C)C)C(=O)C1CC1. The Hall–Kier alpha value is -1.92. The molecule has 1 aromatic heterocycles. The first-order valence-corrected chi connectivity index (χ1v) is 9.28. The van der Waals surface area contributed by atoms with Crippen LogP contribution in [0.1, 0.15) is 31.6 Å². The highest BCUT2D eigenvalue weighted by molar-refractivity contribution is 6.31. The Kier molecular flexibility index (Phi) is 5.34. The minimum Gasteiger partial charge on any atom is -0.331 e. The molecule has 1 unspecified atom stereocenters. The van der Waals surface area contributed by atoms with Crippen molar-refractivity contribution >= 4 is 28.4 Å². The van der Waals surface area contributed by atoms with E-state index in [1.54, 1.807) is 29.8 Å². The summed E-state index contributed by atoms with van der Waals surface area (Å²) in [5.41, 5.74) is 0.439. The highest BCUT2D eigenvalue weighted by Crippen LogP contribution is 2.33. The van der Waals surface area contributed by atoms with E-state index >= 15 is 0 Å². The fraction of sp³-hybridized carbons (Fsp3) is 0.526. The number of fused-ring (bicyclic) bond motifs is 1. The number of nitrogens with zero attached hydrogens (tertiary/aromatic N) is 4. The molecule has 1 atom stereocenters. The molecule has 3 rings (SSSR count). The van der Waals surface area contributed by atoms with Gasteiger partial charge in [-0.05, 0) is 52.1 Å². The molecule has 26 heavy (non-hydrogen) atoms. The summed E-state index contributed by atoms with van der Waals surface area (Å²) in [6.45, 7) is 3.30. The third kappa shape index (κ3) is 3.76. The minimum atomic E-state index is -0.288. The van der Waals surface area contributed by atoms with Gasteiger partial charge in [0.1, 0.15) is 5.82 Å². The Morgan fingerprint density at radius 3 is 2.65 bits per heavy atom. The van der Waals surface area contributed by atoms with Gasteiger partial charge in [-0.2, -0.15) is 0 Å². The fourth-order valence-electron chi connectivity index (χ4n) is 3.14. The quantitative estimate of drug-likeness (QED) is 0.777. The number of likely N-dealkylation sites (N-methyl/N-ethyl adjacent to an activating group) is 1. The Balaban J connectivity index is 2.02. The molecule has 7 heteroatoms. The van der Waals surface area contributed by atoms with Gasteiger partial charge in [-0.25, -0.2) is 4.98 Å². The van der Waals surface area contributed by atoms with Crippen molar-refractivity contribution in [2.75, 3.05) is 27.2 Å². The zero-order valence-electron chi connectivity index (χ0n) is 15.7. The zero-order chi connectivity index (χ0) is 19.0. The lowest BCUT2D eigenvalue weighted by Gasteiger charge is -2.31. The molecule has 1 heterocycles. The Morgan fingerprint density at radius 1 is 1.35 bits per heavy atom. The number of amides is 1. The summed E-state index contributed by atoms with van der Waals surface area (Å²) in [4.78, 5) is 34.1. The maximum atomic E-state index is 12.8. The van der Waals surface area contributed by atoms with Gasteiger partial charge in [0, 0.05) is 31.1 Å². The number of carbonyl (C=O) groups is 1. The Labute approximate surface area is 158 Å². The third-order valence-corrected chi connectivity index (χ3v) is 5.15. The van der Waals surface area contributed by atoms with E-state index in [9.17, 15) is 9.59 Å². The second kappa shape index (κ2) is 7.37. The molecular formula is C19H25ClN4O2. The summed E-state index contributed by atoms with van der Waals surface area (Å²) in [5.74, 6) is 0.851. The number of halogens is 1. The maximum absolute atomic E-state index is 12.8. The van der Waals surface area contributed by atoms with Gasteiger partial charge in [-0.15, -0.1) is 0 Å². The van der Waals surface area contributed by atoms with Crippen LogP contribution in [0.3, 0.4) is 0 Å². The van der Waals surface area contributed by atoms with E-state index in [0.717, 1.165) is 19.4 Å². The molecule has 0 N–H and O–H groups in total. The van der Waals surface area contributed by atoms with E-state index in [1.807, 2.05) is 30.8 Å². The van der Waals surface area contributed by atoms with Crippen LogP contribution in [0.15, 0.2) is 23.0 Å². The monoisotopic (exact) mass is 376 g/mol. The molecule has 1 aliphatic rings. The van der Waals surface area contributed by atoms with Gasteiger partial charge in [0.15, 0.2) is 0 Å². The van der Waals surface area contributed by atoms with E-state index in [1.165, 1.54) is 0 Å². The van der Waals surface area contributed by atoms with Crippen LogP contribution in [0, 0.1) is 5.92 Å². The van der Waals surface area contributed by atoms with Gasteiger partial charge in [-0.3, -0.25) is 14.2 Å². The van der Waals surface area contributed by atoms with Crippen molar-refractivity contribution in [2.24, 2.45) is 13.0 Å². The van der Waals surface area contributed by atoms with E-state index in [-0.39, 0.29) is 23.4 Å². The van der Waals surface area contributed by atoms with Crippen molar-refractivity contribution in [1.29, 1.82) is 0 Å². The van der Waals surface area contributed by atoms with E-state index < -0.39 is 0 Å². The molecular weight excluding hydrogens is 352 g/mol. The number of hydrogen-bond donors (Lipinski definition) is 0. The minimum absolute atomic E-state index is 0.117. The van der Waals surface area contributed by atoms with Crippen molar-refractivity contribution in [3.63, 3.8) is 0 Å². The number of hydrogen-bond acceptors (Lipinski definition) is 4. The second-order valence-corrected chi connectivity index (χ2v) is 7.72. The molecule has 1 amide bonds. The first kappa shape index (κ1) is 18.9. The number of benzene rings is 1. The average molecular weight is 377 g/mol. The second-order valence-electron chi connectivity index (χ2n) is 7.28. The normalized spacial score (nSPS) is 15.5. The summed E-state index contributed by atoms with van der Waals surface area (Å²) in [5, 5.41) is 1.07. The van der Waals surface area contributed by atoms with Crippen molar-refractivity contribution in [1.82, 2.24) is 19.4 Å². The molecule has 0 spiro atoms. The van der Waals surface area contributed by atoms with Crippen LogP contribution >= 0.6 is 11.6 Å². The van der Waals surface area contributed by atoms with Crippen LogP contribution in [0.2, 0.25) is 5.02 Å².